The number of amides is 1. The van der Waals surface area contributed by atoms with E-state index in [-0.39, 0.29) is 17.9 Å². The van der Waals surface area contributed by atoms with Gasteiger partial charge in [0, 0.05) is 26.6 Å². The zero-order valence-electron chi connectivity index (χ0n) is 14.9. The van der Waals surface area contributed by atoms with Crippen LogP contribution in [0.5, 0.6) is 0 Å². The third-order valence-corrected chi connectivity index (χ3v) is 4.02. The summed E-state index contributed by atoms with van der Waals surface area (Å²) in [5.41, 5.74) is 0.326. The van der Waals surface area contributed by atoms with E-state index in [1.54, 1.807) is 17.0 Å². The SMILES string of the molecule is CC(C)c1n[nH]c([C@H]2CN(C(=O)c3ccc(N(C)C)nn3)CCO2)n1. The number of anilines is 1. The summed E-state index contributed by atoms with van der Waals surface area (Å²) in [4.78, 5) is 20.7. The summed E-state index contributed by atoms with van der Waals surface area (Å²) in [7, 11) is 3.75. The summed E-state index contributed by atoms with van der Waals surface area (Å²) >= 11 is 0. The smallest absolute Gasteiger partial charge is 0.274 e. The summed E-state index contributed by atoms with van der Waals surface area (Å²) in [5, 5.41) is 15.2. The number of rotatable bonds is 4. The average molecular weight is 345 g/mol. The number of carbonyl (C=O) groups excluding carboxylic acids is 1. The molecule has 1 atom stereocenters. The molecule has 0 aliphatic carbocycles. The van der Waals surface area contributed by atoms with Gasteiger partial charge in [-0.1, -0.05) is 13.8 Å². The minimum absolute atomic E-state index is 0.158. The van der Waals surface area contributed by atoms with Crippen molar-refractivity contribution in [2.75, 3.05) is 38.7 Å². The Kier molecular flexibility index (Phi) is 4.93. The van der Waals surface area contributed by atoms with Crippen molar-refractivity contribution in [1.82, 2.24) is 30.3 Å². The average Bonchev–Trinajstić information content (AvgIpc) is 3.12. The Morgan fingerprint density at radius 3 is 2.76 bits per heavy atom. The topological polar surface area (TPSA) is 100 Å². The number of nitrogens with zero attached hydrogens (tertiary/aromatic N) is 6. The molecule has 0 unspecified atom stereocenters. The highest BCUT2D eigenvalue weighted by Gasteiger charge is 2.29. The fourth-order valence-electron chi connectivity index (χ4n) is 2.53. The molecule has 0 radical (unpaired) electrons. The first-order valence-corrected chi connectivity index (χ1v) is 8.30. The second-order valence-corrected chi connectivity index (χ2v) is 6.52. The van der Waals surface area contributed by atoms with Gasteiger partial charge in [-0.05, 0) is 12.1 Å². The maximum Gasteiger partial charge on any atom is 0.274 e. The first-order chi connectivity index (χ1) is 12.0. The Morgan fingerprint density at radius 1 is 1.36 bits per heavy atom. The Labute approximate surface area is 146 Å². The van der Waals surface area contributed by atoms with Gasteiger partial charge < -0.3 is 14.5 Å². The maximum atomic E-state index is 12.7. The van der Waals surface area contributed by atoms with Crippen LogP contribution in [0.2, 0.25) is 0 Å². The number of hydrogen-bond donors (Lipinski definition) is 1. The van der Waals surface area contributed by atoms with E-state index in [2.05, 4.69) is 25.4 Å². The largest absolute Gasteiger partial charge is 0.367 e. The minimum atomic E-state index is -0.313. The Balaban J connectivity index is 1.70. The molecular formula is C16H23N7O2. The van der Waals surface area contributed by atoms with Gasteiger partial charge >= 0.3 is 0 Å². The van der Waals surface area contributed by atoms with E-state index in [0.717, 1.165) is 5.82 Å². The van der Waals surface area contributed by atoms with Gasteiger partial charge in [-0.3, -0.25) is 9.89 Å². The predicted molar refractivity (Wildman–Crippen MR) is 91.4 cm³/mol. The van der Waals surface area contributed by atoms with Gasteiger partial charge in [0.05, 0.1) is 13.2 Å². The van der Waals surface area contributed by atoms with Crippen LogP contribution in [-0.2, 0) is 4.74 Å². The molecule has 1 amide bonds. The molecule has 2 aromatic heterocycles. The molecule has 1 aliphatic heterocycles. The highest BCUT2D eigenvalue weighted by atomic mass is 16.5. The zero-order valence-corrected chi connectivity index (χ0v) is 14.9. The molecule has 1 aliphatic rings. The summed E-state index contributed by atoms with van der Waals surface area (Å²) in [6.07, 6.45) is -0.313. The van der Waals surface area contributed by atoms with E-state index in [4.69, 9.17) is 4.74 Å². The lowest BCUT2D eigenvalue weighted by atomic mass is 10.2. The van der Waals surface area contributed by atoms with Crippen LogP contribution in [0, 0.1) is 0 Å². The van der Waals surface area contributed by atoms with Crippen molar-refractivity contribution in [2.45, 2.75) is 25.9 Å². The summed E-state index contributed by atoms with van der Waals surface area (Å²) in [6, 6.07) is 3.48. The second-order valence-electron chi connectivity index (χ2n) is 6.52. The molecule has 9 nitrogen and oxygen atoms in total. The lowest BCUT2D eigenvalue weighted by Gasteiger charge is -2.31. The molecule has 1 N–H and O–H groups in total. The van der Waals surface area contributed by atoms with Crippen LogP contribution < -0.4 is 4.90 Å². The van der Waals surface area contributed by atoms with Crippen LogP contribution >= 0.6 is 0 Å². The molecule has 1 saturated heterocycles. The Morgan fingerprint density at radius 2 is 2.16 bits per heavy atom. The molecule has 3 rings (SSSR count). The molecule has 134 valence electrons. The quantitative estimate of drug-likeness (QED) is 0.882. The fraction of sp³-hybridized carbons (Fsp3) is 0.562. The van der Waals surface area contributed by atoms with Gasteiger partial charge in [-0.2, -0.15) is 5.10 Å². The number of aromatic amines is 1. The van der Waals surface area contributed by atoms with Crippen LogP contribution in [0.4, 0.5) is 5.82 Å². The van der Waals surface area contributed by atoms with Gasteiger partial charge in [-0.25, -0.2) is 4.98 Å². The van der Waals surface area contributed by atoms with Crippen LogP contribution in [0.3, 0.4) is 0 Å². The van der Waals surface area contributed by atoms with Crippen molar-refractivity contribution >= 4 is 11.7 Å². The molecule has 0 aromatic carbocycles. The summed E-state index contributed by atoms with van der Waals surface area (Å²) < 4.78 is 5.75. The number of morpholine rings is 1. The molecule has 2 aromatic rings. The van der Waals surface area contributed by atoms with Crippen molar-refractivity contribution in [3.8, 4) is 0 Å². The van der Waals surface area contributed by atoms with E-state index in [0.29, 0.717) is 37.0 Å². The number of carbonyl (C=O) groups is 1. The van der Waals surface area contributed by atoms with E-state index in [1.165, 1.54) is 0 Å². The number of H-pyrrole nitrogens is 1. The monoisotopic (exact) mass is 345 g/mol. The summed E-state index contributed by atoms with van der Waals surface area (Å²) in [5.74, 6) is 2.17. The van der Waals surface area contributed by atoms with E-state index in [1.807, 2.05) is 32.8 Å². The Bertz CT molecular complexity index is 726. The number of ether oxygens (including phenoxy) is 1. The standard InChI is InChI=1S/C16H23N7O2/c1-10(2)14-17-15(21-20-14)12-9-23(7-8-25-12)16(24)11-5-6-13(19-18-11)22(3)4/h5-6,10,12H,7-9H2,1-4H3,(H,17,20,21)/t12-/m1/s1. The van der Waals surface area contributed by atoms with Crippen molar-refractivity contribution in [3.63, 3.8) is 0 Å². The number of hydrogen-bond acceptors (Lipinski definition) is 7. The molecular weight excluding hydrogens is 322 g/mol. The van der Waals surface area contributed by atoms with Crippen molar-refractivity contribution in [2.24, 2.45) is 0 Å². The third kappa shape index (κ3) is 3.76. The lowest BCUT2D eigenvalue weighted by molar-refractivity contribution is -0.0269. The lowest BCUT2D eigenvalue weighted by Crippen LogP contribution is -2.43. The molecule has 1 fully saturated rings. The van der Waals surface area contributed by atoms with Crippen molar-refractivity contribution < 1.29 is 9.53 Å². The van der Waals surface area contributed by atoms with Crippen molar-refractivity contribution in [3.05, 3.63) is 29.5 Å². The van der Waals surface area contributed by atoms with Gasteiger partial charge in [0.25, 0.3) is 5.91 Å². The fourth-order valence-corrected chi connectivity index (χ4v) is 2.53. The van der Waals surface area contributed by atoms with E-state index >= 15 is 0 Å². The van der Waals surface area contributed by atoms with Gasteiger partial charge in [0.1, 0.15) is 6.10 Å². The molecule has 0 spiro atoms. The van der Waals surface area contributed by atoms with Gasteiger partial charge in [0.2, 0.25) is 0 Å². The van der Waals surface area contributed by atoms with Crippen LogP contribution in [0.15, 0.2) is 12.1 Å². The predicted octanol–water partition coefficient (Wildman–Crippen LogP) is 0.998. The summed E-state index contributed by atoms with van der Waals surface area (Å²) in [6.45, 7) is 5.42. The highest BCUT2D eigenvalue weighted by Crippen LogP contribution is 2.21. The molecule has 9 heteroatoms. The van der Waals surface area contributed by atoms with E-state index < -0.39 is 0 Å². The second kappa shape index (κ2) is 7.14. The number of nitrogens with one attached hydrogen (secondary N) is 1. The normalized spacial score (nSPS) is 17.8. The molecule has 0 bridgehead atoms. The van der Waals surface area contributed by atoms with Crippen LogP contribution in [0.25, 0.3) is 0 Å². The highest BCUT2D eigenvalue weighted by molar-refractivity contribution is 5.92. The third-order valence-electron chi connectivity index (χ3n) is 4.02. The first kappa shape index (κ1) is 17.3. The van der Waals surface area contributed by atoms with E-state index in [9.17, 15) is 4.79 Å². The molecule has 0 saturated carbocycles. The molecule has 3 heterocycles. The first-order valence-electron chi connectivity index (χ1n) is 8.30. The minimum Gasteiger partial charge on any atom is -0.367 e. The van der Waals surface area contributed by atoms with Crippen LogP contribution in [0.1, 0.15) is 48.0 Å². The number of aromatic nitrogens is 5. The maximum absolute atomic E-state index is 12.7. The molecule has 25 heavy (non-hydrogen) atoms. The van der Waals surface area contributed by atoms with Crippen LogP contribution in [-0.4, -0.2) is 70.0 Å². The van der Waals surface area contributed by atoms with Gasteiger partial charge in [0.15, 0.2) is 23.2 Å². The van der Waals surface area contributed by atoms with Gasteiger partial charge in [-0.15, -0.1) is 10.2 Å². The zero-order chi connectivity index (χ0) is 18.0. The Hall–Kier alpha value is -2.55. The van der Waals surface area contributed by atoms with Crippen molar-refractivity contribution in [1.29, 1.82) is 0 Å².